The highest BCUT2D eigenvalue weighted by Gasteiger charge is 2.13. The summed E-state index contributed by atoms with van der Waals surface area (Å²) in [6.45, 7) is 2.42. The molecule has 0 spiro atoms. The van der Waals surface area contributed by atoms with Crippen molar-refractivity contribution in [3.05, 3.63) is 63.6 Å². The van der Waals surface area contributed by atoms with Gasteiger partial charge < -0.3 is 10.0 Å². The Morgan fingerprint density at radius 2 is 2.00 bits per heavy atom. The van der Waals surface area contributed by atoms with E-state index >= 15 is 0 Å². The molecule has 0 aliphatic carbocycles. The quantitative estimate of drug-likeness (QED) is 0.911. The number of hydrogen-bond donors (Lipinski definition) is 1. The standard InChI is InChI=1S/C17H17BrN2O/c1-12(21)15-8-7-13(10-19)9-17(15)20(2)11-14-5-3-4-6-16(14)18/h3-9,12,21H,11H2,1-2H3/t12-/m0/s1. The SMILES string of the molecule is C[C@H](O)c1ccc(C#N)cc1N(C)Cc1ccccc1Br. The lowest BCUT2D eigenvalue weighted by atomic mass is 10.0. The molecule has 21 heavy (non-hydrogen) atoms. The first-order valence-electron chi connectivity index (χ1n) is 6.69. The molecule has 0 saturated heterocycles. The Labute approximate surface area is 133 Å². The minimum atomic E-state index is -0.575. The van der Waals surface area contributed by atoms with Gasteiger partial charge in [-0.15, -0.1) is 0 Å². The van der Waals surface area contributed by atoms with Gasteiger partial charge >= 0.3 is 0 Å². The Hall–Kier alpha value is -1.83. The molecule has 1 N–H and O–H groups in total. The highest BCUT2D eigenvalue weighted by molar-refractivity contribution is 9.10. The Balaban J connectivity index is 2.36. The molecule has 1 atom stereocenters. The number of benzene rings is 2. The minimum Gasteiger partial charge on any atom is -0.389 e. The molecule has 2 aromatic carbocycles. The van der Waals surface area contributed by atoms with E-state index in [4.69, 9.17) is 5.26 Å². The van der Waals surface area contributed by atoms with E-state index in [1.165, 1.54) is 0 Å². The van der Waals surface area contributed by atoms with Gasteiger partial charge in [0.25, 0.3) is 0 Å². The Kier molecular flexibility index (Phi) is 5.00. The number of aliphatic hydroxyl groups is 1. The van der Waals surface area contributed by atoms with Crippen molar-refractivity contribution in [3.8, 4) is 6.07 Å². The monoisotopic (exact) mass is 344 g/mol. The molecule has 0 saturated carbocycles. The van der Waals surface area contributed by atoms with Crippen LogP contribution < -0.4 is 4.90 Å². The van der Waals surface area contributed by atoms with E-state index in [1.807, 2.05) is 42.3 Å². The van der Waals surface area contributed by atoms with Crippen molar-refractivity contribution in [2.45, 2.75) is 19.6 Å². The third kappa shape index (κ3) is 3.63. The molecule has 108 valence electrons. The van der Waals surface area contributed by atoms with E-state index in [0.29, 0.717) is 12.1 Å². The van der Waals surface area contributed by atoms with Crippen molar-refractivity contribution in [3.63, 3.8) is 0 Å². The van der Waals surface area contributed by atoms with Gasteiger partial charge in [-0.25, -0.2) is 0 Å². The van der Waals surface area contributed by atoms with Crippen molar-refractivity contribution in [1.29, 1.82) is 5.26 Å². The summed E-state index contributed by atoms with van der Waals surface area (Å²) >= 11 is 3.54. The molecule has 3 nitrogen and oxygen atoms in total. The lowest BCUT2D eigenvalue weighted by Gasteiger charge is -2.24. The van der Waals surface area contributed by atoms with Crippen LogP contribution in [0, 0.1) is 11.3 Å². The van der Waals surface area contributed by atoms with Crippen molar-refractivity contribution in [1.82, 2.24) is 0 Å². The van der Waals surface area contributed by atoms with Gasteiger partial charge in [-0.05, 0) is 30.7 Å². The number of hydrogen-bond acceptors (Lipinski definition) is 3. The number of halogens is 1. The maximum atomic E-state index is 9.92. The molecule has 2 rings (SSSR count). The van der Waals surface area contributed by atoms with Crippen molar-refractivity contribution in [2.24, 2.45) is 0 Å². The second-order valence-corrected chi connectivity index (χ2v) is 5.86. The summed E-state index contributed by atoms with van der Waals surface area (Å²) in [6, 6.07) is 15.5. The largest absolute Gasteiger partial charge is 0.389 e. The van der Waals surface area contributed by atoms with Crippen LogP contribution in [0.2, 0.25) is 0 Å². The Morgan fingerprint density at radius 1 is 1.29 bits per heavy atom. The van der Waals surface area contributed by atoms with E-state index in [9.17, 15) is 5.11 Å². The van der Waals surface area contributed by atoms with Gasteiger partial charge in [-0.3, -0.25) is 0 Å². The average Bonchev–Trinajstić information content (AvgIpc) is 2.48. The van der Waals surface area contributed by atoms with E-state index in [2.05, 4.69) is 28.1 Å². The van der Waals surface area contributed by atoms with E-state index < -0.39 is 6.10 Å². The van der Waals surface area contributed by atoms with Gasteiger partial charge in [0.15, 0.2) is 0 Å². The summed E-state index contributed by atoms with van der Waals surface area (Å²) in [4.78, 5) is 2.04. The summed E-state index contributed by atoms with van der Waals surface area (Å²) < 4.78 is 1.05. The van der Waals surface area contributed by atoms with Crippen molar-refractivity contribution >= 4 is 21.6 Å². The van der Waals surface area contributed by atoms with Crippen molar-refractivity contribution < 1.29 is 5.11 Å². The molecule has 0 amide bonds. The van der Waals surface area contributed by atoms with Crippen LogP contribution in [0.4, 0.5) is 5.69 Å². The molecule has 0 aliphatic heterocycles. The third-order valence-electron chi connectivity index (χ3n) is 3.39. The first-order chi connectivity index (χ1) is 10.0. The van der Waals surface area contributed by atoms with Gasteiger partial charge in [-0.2, -0.15) is 5.26 Å². The fourth-order valence-corrected chi connectivity index (χ4v) is 2.67. The zero-order valence-corrected chi connectivity index (χ0v) is 13.6. The van der Waals surface area contributed by atoms with Crippen LogP contribution in [0.5, 0.6) is 0 Å². The lowest BCUT2D eigenvalue weighted by molar-refractivity contribution is 0.199. The van der Waals surface area contributed by atoms with E-state index in [-0.39, 0.29) is 0 Å². The van der Waals surface area contributed by atoms with Crippen LogP contribution >= 0.6 is 15.9 Å². The average molecular weight is 345 g/mol. The maximum Gasteiger partial charge on any atom is 0.0992 e. The predicted molar refractivity (Wildman–Crippen MR) is 88.0 cm³/mol. The molecule has 0 bridgehead atoms. The third-order valence-corrected chi connectivity index (χ3v) is 4.16. The number of aliphatic hydroxyl groups excluding tert-OH is 1. The van der Waals surface area contributed by atoms with Gasteiger partial charge in [0, 0.05) is 29.3 Å². The second kappa shape index (κ2) is 6.75. The first-order valence-corrected chi connectivity index (χ1v) is 7.49. The van der Waals surface area contributed by atoms with Crippen LogP contribution in [0.25, 0.3) is 0 Å². The number of nitrogens with zero attached hydrogens (tertiary/aromatic N) is 2. The molecule has 0 aliphatic rings. The molecule has 0 heterocycles. The summed E-state index contributed by atoms with van der Waals surface area (Å²) in [7, 11) is 1.96. The number of anilines is 1. The fraction of sp³-hybridized carbons (Fsp3) is 0.235. The number of nitriles is 1. The van der Waals surface area contributed by atoms with Crippen LogP contribution in [-0.2, 0) is 6.54 Å². The summed E-state index contributed by atoms with van der Waals surface area (Å²) in [5.74, 6) is 0. The molecule has 4 heteroatoms. The molecule has 0 radical (unpaired) electrons. The van der Waals surface area contributed by atoms with Crippen LogP contribution in [-0.4, -0.2) is 12.2 Å². The van der Waals surface area contributed by atoms with E-state index in [0.717, 1.165) is 21.3 Å². The summed E-state index contributed by atoms with van der Waals surface area (Å²) in [6.07, 6.45) is -0.575. The lowest BCUT2D eigenvalue weighted by Crippen LogP contribution is -2.19. The van der Waals surface area contributed by atoms with Crippen molar-refractivity contribution in [2.75, 3.05) is 11.9 Å². The number of rotatable bonds is 4. The highest BCUT2D eigenvalue weighted by atomic mass is 79.9. The van der Waals surface area contributed by atoms with Crippen LogP contribution in [0.1, 0.15) is 29.7 Å². The molecule has 0 unspecified atom stereocenters. The van der Waals surface area contributed by atoms with Gasteiger partial charge in [0.2, 0.25) is 0 Å². The van der Waals surface area contributed by atoms with E-state index in [1.54, 1.807) is 13.0 Å². The van der Waals surface area contributed by atoms with Gasteiger partial charge in [0.05, 0.1) is 17.7 Å². The molecule has 2 aromatic rings. The highest BCUT2D eigenvalue weighted by Crippen LogP contribution is 2.29. The predicted octanol–water partition coefficient (Wildman–Crippen LogP) is 4.01. The normalized spacial score (nSPS) is 11.8. The van der Waals surface area contributed by atoms with Gasteiger partial charge in [-0.1, -0.05) is 40.2 Å². The summed E-state index contributed by atoms with van der Waals surface area (Å²) in [5, 5.41) is 19.0. The Morgan fingerprint density at radius 3 is 2.62 bits per heavy atom. The maximum absolute atomic E-state index is 9.92. The molecular weight excluding hydrogens is 328 g/mol. The molecular formula is C17H17BrN2O. The second-order valence-electron chi connectivity index (χ2n) is 5.01. The zero-order chi connectivity index (χ0) is 15.4. The Bertz CT molecular complexity index is 677. The smallest absolute Gasteiger partial charge is 0.0992 e. The topological polar surface area (TPSA) is 47.3 Å². The molecule has 0 fully saturated rings. The first kappa shape index (κ1) is 15.6. The zero-order valence-electron chi connectivity index (χ0n) is 12.0. The van der Waals surface area contributed by atoms with Crippen LogP contribution in [0.3, 0.4) is 0 Å². The van der Waals surface area contributed by atoms with Crippen LogP contribution in [0.15, 0.2) is 46.9 Å². The minimum absolute atomic E-state index is 0.575. The molecule has 0 aromatic heterocycles. The van der Waals surface area contributed by atoms with Gasteiger partial charge in [0.1, 0.15) is 0 Å². The summed E-state index contributed by atoms with van der Waals surface area (Å²) in [5.41, 5.74) is 3.44. The fourth-order valence-electron chi connectivity index (χ4n) is 2.26.